The van der Waals surface area contributed by atoms with Gasteiger partial charge >= 0.3 is 12.1 Å². The number of hydrogen-bond acceptors (Lipinski definition) is 3. The fourth-order valence-corrected chi connectivity index (χ4v) is 0. The van der Waals surface area contributed by atoms with Crippen LogP contribution in [0.1, 0.15) is 6.92 Å². The first kappa shape index (κ1) is 22.7. The van der Waals surface area contributed by atoms with E-state index >= 15 is 0 Å². The van der Waals surface area contributed by atoms with Gasteiger partial charge < -0.3 is 20.4 Å². The zero-order valence-electron chi connectivity index (χ0n) is 6.60. The summed E-state index contributed by atoms with van der Waals surface area (Å²) in [5, 5.41) is 29.7. The summed E-state index contributed by atoms with van der Waals surface area (Å²) in [6, 6.07) is 0. The standard InChI is InChI=1S/C3H6O3.CH2O3.2Zn/c1-2(4)3(5)6;2-1(3)4;;/h2,4H,1H3,(H,5,6);(H2,2,3,4);;. The van der Waals surface area contributed by atoms with Gasteiger partial charge in [0.15, 0.2) is 0 Å². The molecule has 0 aliphatic heterocycles. The molecule has 0 amide bonds. The monoisotopic (exact) mass is 280 g/mol. The number of carboxylic acid groups (broad SMARTS) is 3. The van der Waals surface area contributed by atoms with Gasteiger partial charge in [0, 0.05) is 39.0 Å². The van der Waals surface area contributed by atoms with E-state index in [1.165, 1.54) is 6.92 Å². The molecule has 12 heavy (non-hydrogen) atoms. The van der Waals surface area contributed by atoms with Crippen LogP contribution in [0.2, 0.25) is 0 Å². The zero-order valence-corrected chi connectivity index (χ0v) is 12.5. The Morgan fingerprint density at radius 2 is 1.17 bits per heavy atom. The molecule has 0 rings (SSSR count). The third kappa shape index (κ3) is 51.1. The summed E-state index contributed by atoms with van der Waals surface area (Å²) in [7, 11) is 0. The van der Waals surface area contributed by atoms with Crippen LogP contribution in [-0.2, 0) is 43.8 Å². The molecule has 1 atom stereocenters. The summed E-state index contributed by atoms with van der Waals surface area (Å²) in [6.45, 7) is 1.20. The van der Waals surface area contributed by atoms with E-state index in [-0.39, 0.29) is 39.0 Å². The van der Waals surface area contributed by atoms with E-state index in [9.17, 15) is 4.79 Å². The van der Waals surface area contributed by atoms with E-state index in [0.29, 0.717) is 0 Å². The molecule has 0 bridgehead atoms. The predicted molar refractivity (Wildman–Crippen MR) is 30.0 cm³/mol. The van der Waals surface area contributed by atoms with Crippen molar-refractivity contribution in [3.63, 3.8) is 0 Å². The Bertz CT molecular complexity index is 121. The number of aliphatic hydroxyl groups is 1. The molecule has 0 aromatic carbocycles. The number of rotatable bonds is 1. The van der Waals surface area contributed by atoms with Crippen LogP contribution in [0.15, 0.2) is 0 Å². The van der Waals surface area contributed by atoms with Crippen LogP contribution in [0.25, 0.3) is 0 Å². The molecule has 0 heterocycles. The molecule has 0 aromatic rings. The Kier molecular flexibility index (Phi) is 25.6. The summed E-state index contributed by atoms with van der Waals surface area (Å²) < 4.78 is 0. The van der Waals surface area contributed by atoms with Crippen molar-refractivity contribution >= 4 is 12.1 Å². The van der Waals surface area contributed by atoms with Crippen molar-refractivity contribution < 1.29 is 69.0 Å². The molecule has 0 saturated heterocycles. The minimum Gasteiger partial charge on any atom is -0.479 e. The first-order valence-electron chi connectivity index (χ1n) is 2.20. The zero-order chi connectivity index (χ0) is 8.73. The maximum atomic E-state index is 9.45. The van der Waals surface area contributed by atoms with Gasteiger partial charge in [0.2, 0.25) is 0 Å². The fourth-order valence-electron chi connectivity index (χ4n) is 0. The first-order valence-corrected chi connectivity index (χ1v) is 2.20. The van der Waals surface area contributed by atoms with Gasteiger partial charge in [-0.1, -0.05) is 0 Å². The van der Waals surface area contributed by atoms with Crippen molar-refractivity contribution in [3.8, 4) is 0 Å². The average Bonchev–Trinajstić information content (AvgIpc) is 1.63. The van der Waals surface area contributed by atoms with Gasteiger partial charge in [0.25, 0.3) is 0 Å². The SMILES string of the molecule is CC(O)C(=O)O.O=C(O)O.[Zn].[Zn]. The molecule has 0 saturated carbocycles. The molecule has 0 fully saturated rings. The predicted octanol–water partition coefficient (Wildman–Crippen LogP) is -0.331. The topological polar surface area (TPSA) is 115 Å². The van der Waals surface area contributed by atoms with E-state index < -0.39 is 18.2 Å². The summed E-state index contributed by atoms with van der Waals surface area (Å²) >= 11 is 0. The Morgan fingerprint density at radius 1 is 1.08 bits per heavy atom. The van der Waals surface area contributed by atoms with Gasteiger partial charge in [0.1, 0.15) is 6.10 Å². The second-order valence-electron chi connectivity index (χ2n) is 1.30. The summed E-state index contributed by atoms with van der Waals surface area (Å²) in [6.07, 6.45) is -3.06. The van der Waals surface area contributed by atoms with E-state index in [2.05, 4.69) is 0 Å². The van der Waals surface area contributed by atoms with Gasteiger partial charge in [-0.25, -0.2) is 9.59 Å². The molecular weight excluding hydrogens is 275 g/mol. The first-order chi connectivity index (χ1) is 4.37. The third-order valence-corrected chi connectivity index (χ3v) is 0.357. The van der Waals surface area contributed by atoms with Crippen molar-refractivity contribution in [1.82, 2.24) is 0 Å². The van der Waals surface area contributed by atoms with Gasteiger partial charge in [-0.05, 0) is 6.92 Å². The van der Waals surface area contributed by atoms with Crippen LogP contribution in [0.5, 0.6) is 0 Å². The van der Waals surface area contributed by atoms with E-state index in [1.807, 2.05) is 0 Å². The minimum atomic E-state index is -1.83. The van der Waals surface area contributed by atoms with Crippen LogP contribution in [0, 0.1) is 0 Å². The number of carbonyl (C=O) groups is 2. The van der Waals surface area contributed by atoms with Crippen LogP contribution in [0.4, 0.5) is 4.79 Å². The minimum absolute atomic E-state index is 0. The molecule has 6 nitrogen and oxygen atoms in total. The Hall–Kier alpha value is -0.0532. The van der Waals surface area contributed by atoms with Gasteiger partial charge in [-0.15, -0.1) is 0 Å². The maximum Gasteiger partial charge on any atom is 0.503 e. The largest absolute Gasteiger partial charge is 0.503 e. The summed E-state index contributed by atoms with van der Waals surface area (Å²) in [5.74, 6) is -1.19. The maximum absolute atomic E-state index is 9.45. The van der Waals surface area contributed by atoms with Crippen molar-refractivity contribution in [1.29, 1.82) is 0 Å². The van der Waals surface area contributed by atoms with Crippen molar-refractivity contribution in [2.24, 2.45) is 0 Å². The molecule has 64 valence electrons. The molecule has 0 spiro atoms. The smallest absolute Gasteiger partial charge is 0.479 e. The third-order valence-electron chi connectivity index (χ3n) is 0.357. The molecule has 0 aliphatic carbocycles. The Morgan fingerprint density at radius 3 is 1.17 bits per heavy atom. The molecule has 8 heteroatoms. The molecule has 4 N–H and O–H groups in total. The normalized spacial score (nSPS) is 8.83. The number of hydrogen-bond donors (Lipinski definition) is 4. The number of carboxylic acids is 1. The van der Waals surface area contributed by atoms with E-state index in [1.54, 1.807) is 0 Å². The van der Waals surface area contributed by atoms with Crippen LogP contribution in [0.3, 0.4) is 0 Å². The molecular formula is C4H8O6Zn2. The second kappa shape index (κ2) is 13.5. The Labute approximate surface area is 94.1 Å². The van der Waals surface area contributed by atoms with Crippen molar-refractivity contribution in [2.75, 3.05) is 0 Å². The second-order valence-corrected chi connectivity index (χ2v) is 1.30. The van der Waals surface area contributed by atoms with Crippen molar-refractivity contribution in [3.05, 3.63) is 0 Å². The fraction of sp³-hybridized carbons (Fsp3) is 0.500. The molecule has 0 radical (unpaired) electrons. The molecule has 1 unspecified atom stereocenters. The molecule has 0 aliphatic rings. The van der Waals surface area contributed by atoms with Crippen molar-refractivity contribution in [2.45, 2.75) is 13.0 Å². The molecule has 0 aromatic heterocycles. The van der Waals surface area contributed by atoms with Crippen LogP contribution >= 0.6 is 0 Å². The van der Waals surface area contributed by atoms with E-state index in [0.717, 1.165) is 0 Å². The Balaban J connectivity index is -0.0000000483. The average molecular weight is 283 g/mol. The number of aliphatic hydroxyl groups excluding tert-OH is 1. The van der Waals surface area contributed by atoms with Gasteiger partial charge in [-0.3, -0.25) is 0 Å². The van der Waals surface area contributed by atoms with Crippen LogP contribution < -0.4 is 0 Å². The quantitative estimate of drug-likeness (QED) is 0.490. The van der Waals surface area contributed by atoms with Gasteiger partial charge in [-0.2, -0.15) is 0 Å². The summed E-state index contributed by atoms with van der Waals surface area (Å²) in [4.78, 5) is 18.0. The summed E-state index contributed by atoms with van der Waals surface area (Å²) in [5.41, 5.74) is 0. The van der Waals surface area contributed by atoms with Crippen LogP contribution in [-0.4, -0.2) is 38.7 Å². The van der Waals surface area contributed by atoms with Gasteiger partial charge in [0.05, 0.1) is 0 Å². The van der Waals surface area contributed by atoms with E-state index in [4.69, 9.17) is 25.2 Å². The number of aliphatic carboxylic acids is 1.